The standard InChI is InChI=1S/C26H18N2O5/c1-17(28-24(29)14-15-25(28)30)32-22-12-8-21(9-13-22)26(31)33-23-10-6-20(7-11-23)19-4-2-18(16-27)3-5-19/h2-15,17H,1H3. The van der Waals surface area contributed by atoms with Crippen LogP contribution < -0.4 is 9.47 Å². The Hall–Kier alpha value is -4.70. The normalized spacial score (nSPS) is 13.5. The molecule has 2 amide bonds. The van der Waals surface area contributed by atoms with Crippen LogP contribution in [0.25, 0.3) is 11.1 Å². The summed E-state index contributed by atoms with van der Waals surface area (Å²) in [6.45, 7) is 1.59. The Bertz CT molecular complexity index is 1250. The maximum Gasteiger partial charge on any atom is 0.343 e. The Morgan fingerprint density at radius 1 is 0.818 bits per heavy atom. The number of ether oxygens (including phenoxy) is 2. The monoisotopic (exact) mass is 438 g/mol. The lowest BCUT2D eigenvalue weighted by Gasteiger charge is -2.23. The van der Waals surface area contributed by atoms with Crippen LogP contribution in [0.4, 0.5) is 0 Å². The molecule has 162 valence electrons. The second-order valence-electron chi connectivity index (χ2n) is 7.22. The maximum absolute atomic E-state index is 12.5. The fraction of sp³-hybridized carbons (Fsp3) is 0.0769. The van der Waals surface area contributed by atoms with Crippen LogP contribution in [0.3, 0.4) is 0 Å². The number of rotatable bonds is 6. The number of amides is 2. The van der Waals surface area contributed by atoms with E-state index in [-0.39, 0.29) is 0 Å². The van der Waals surface area contributed by atoms with E-state index in [1.54, 1.807) is 55.5 Å². The van der Waals surface area contributed by atoms with E-state index in [4.69, 9.17) is 14.7 Å². The molecule has 1 aliphatic heterocycles. The van der Waals surface area contributed by atoms with Crippen molar-refractivity contribution in [3.05, 3.63) is 96.1 Å². The van der Waals surface area contributed by atoms with Crippen molar-refractivity contribution in [1.82, 2.24) is 4.90 Å². The fourth-order valence-corrected chi connectivity index (χ4v) is 3.31. The number of carbonyl (C=O) groups excluding carboxylic acids is 3. The quantitative estimate of drug-likeness (QED) is 0.327. The van der Waals surface area contributed by atoms with E-state index in [1.165, 1.54) is 12.2 Å². The molecule has 0 bridgehead atoms. The number of imide groups is 1. The molecule has 0 N–H and O–H groups in total. The molecule has 0 radical (unpaired) electrons. The van der Waals surface area contributed by atoms with Gasteiger partial charge in [-0.25, -0.2) is 9.69 Å². The number of hydrogen-bond donors (Lipinski definition) is 0. The molecular formula is C26H18N2O5. The molecule has 0 aliphatic carbocycles. The van der Waals surface area contributed by atoms with Crippen molar-refractivity contribution >= 4 is 17.8 Å². The largest absolute Gasteiger partial charge is 0.470 e. The summed E-state index contributed by atoms with van der Waals surface area (Å²) in [4.78, 5) is 36.9. The first-order valence-corrected chi connectivity index (χ1v) is 10.1. The van der Waals surface area contributed by atoms with Gasteiger partial charge in [0.25, 0.3) is 11.8 Å². The molecular weight excluding hydrogens is 420 g/mol. The summed E-state index contributed by atoms with van der Waals surface area (Å²) in [5.41, 5.74) is 2.79. The van der Waals surface area contributed by atoms with Crippen molar-refractivity contribution in [2.24, 2.45) is 0 Å². The van der Waals surface area contributed by atoms with Crippen molar-refractivity contribution in [3.63, 3.8) is 0 Å². The predicted molar refractivity (Wildman–Crippen MR) is 119 cm³/mol. The minimum atomic E-state index is -0.785. The summed E-state index contributed by atoms with van der Waals surface area (Å²) in [5, 5.41) is 8.90. The topological polar surface area (TPSA) is 96.7 Å². The molecule has 0 aromatic heterocycles. The number of esters is 1. The lowest BCUT2D eigenvalue weighted by atomic mass is 10.0. The van der Waals surface area contributed by atoms with Crippen LogP contribution in [0.2, 0.25) is 0 Å². The van der Waals surface area contributed by atoms with Gasteiger partial charge in [0.2, 0.25) is 0 Å². The zero-order chi connectivity index (χ0) is 23.4. The second-order valence-corrected chi connectivity index (χ2v) is 7.22. The number of nitrogens with zero attached hydrogens (tertiary/aromatic N) is 2. The Morgan fingerprint density at radius 2 is 1.33 bits per heavy atom. The van der Waals surface area contributed by atoms with Crippen LogP contribution in [0.1, 0.15) is 22.8 Å². The third-order valence-corrected chi connectivity index (χ3v) is 5.02. The Morgan fingerprint density at radius 3 is 1.88 bits per heavy atom. The van der Waals surface area contributed by atoms with Crippen molar-refractivity contribution < 1.29 is 23.9 Å². The Kier molecular flexibility index (Phi) is 6.00. The molecule has 1 unspecified atom stereocenters. The van der Waals surface area contributed by atoms with E-state index >= 15 is 0 Å². The third kappa shape index (κ3) is 4.81. The van der Waals surface area contributed by atoms with E-state index in [2.05, 4.69) is 6.07 Å². The minimum absolute atomic E-state index is 0.321. The summed E-state index contributed by atoms with van der Waals surface area (Å²) in [7, 11) is 0. The molecule has 7 heteroatoms. The third-order valence-electron chi connectivity index (χ3n) is 5.02. The van der Waals surface area contributed by atoms with Crippen molar-refractivity contribution in [2.75, 3.05) is 0 Å². The van der Waals surface area contributed by atoms with Crippen LogP contribution in [0.5, 0.6) is 11.5 Å². The van der Waals surface area contributed by atoms with Crippen LogP contribution in [0.15, 0.2) is 84.9 Å². The van der Waals surface area contributed by atoms with Gasteiger partial charge < -0.3 is 9.47 Å². The van der Waals surface area contributed by atoms with E-state index in [0.717, 1.165) is 16.0 Å². The lowest BCUT2D eigenvalue weighted by Crippen LogP contribution is -2.41. The predicted octanol–water partition coefficient (Wildman–Crippen LogP) is 4.09. The summed E-state index contributed by atoms with van der Waals surface area (Å²) in [5.74, 6) is -0.603. The molecule has 1 atom stereocenters. The number of nitriles is 1. The molecule has 0 spiro atoms. The molecule has 0 saturated carbocycles. The van der Waals surface area contributed by atoms with Gasteiger partial charge in [-0.2, -0.15) is 5.26 Å². The summed E-state index contributed by atoms with van der Waals surface area (Å²) >= 11 is 0. The second kappa shape index (κ2) is 9.20. The SMILES string of the molecule is CC(Oc1ccc(C(=O)Oc2ccc(-c3ccc(C#N)cc3)cc2)cc1)N1C(=O)C=CC1=O. The highest BCUT2D eigenvalue weighted by atomic mass is 16.5. The average molecular weight is 438 g/mol. The zero-order valence-electron chi connectivity index (χ0n) is 17.6. The molecule has 7 nitrogen and oxygen atoms in total. The number of carbonyl (C=O) groups is 3. The van der Waals surface area contributed by atoms with Crippen LogP contribution in [0, 0.1) is 11.3 Å². The van der Waals surface area contributed by atoms with E-state index in [9.17, 15) is 14.4 Å². The Labute approximate surface area is 190 Å². The van der Waals surface area contributed by atoms with E-state index in [0.29, 0.717) is 22.6 Å². The van der Waals surface area contributed by atoms with Crippen LogP contribution >= 0.6 is 0 Å². The van der Waals surface area contributed by atoms with Gasteiger partial charge in [0.15, 0.2) is 6.23 Å². The summed E-state index contributed by atoms with van der Waals surface area (Å²) in [6.07, 6.45) is 1.60. The van der Waals surface area contributed by atoms with E-state index in [1.807, 2.05) is 24.3 Å². The molecule has 3 aromatic carbocycles. The van der Waals surface area contributed by atoms with Gasteiger partial charge in [-0.15, -0.1) is 0 Å². The lowest BCUT2D eigenvalue weighted by molar-refractivity contribution is -0.144. The zero-order valence-corrected chi connectivity index (χ0v) is 17.6. The van der Waals surface area contributed by atoms with Crippen molar-refractivity contribution in [2.45, 2.75) is 13.2 Å². The van der Waals surface area contributed by atoms with Gasteiger partial charge in [0.1, 0.15) is 11.5 Å². The minimum Gasteiger partial charge on any atom is -0.470 e. The molecule has 0 fully saturated rings. The molecule has 1 heterocycles. The molecule has 4 rings (SSSR count). The number of hydrogen-bond acceptors (Lipinski definition) is 6. The summed E-state index contributed by atoms with van der Waals surface area (Å²) < 4.78 is 11.1. The smallest absolute Gasteiger partial charge is 0.343 e. The average Bonchev–Trinajstić information content (AvgIpc) is 3.18. The molecule has 0 saturated heterocycles. The van der Waals surface area contributed by atoms with Gasteiger partial charge in [0.05, 0.1) is 17.2 Å². The molecule has 3 aromatic rings. The maximum atomic E-state index is 12.5. The first-order chi connectivity index (χ1) is 15.9. The van der Waals surface area contributed by atoms with Gasteiger partial charge >= 0.3 is 5.97 Å². The van der Waals surface area contributed by atoms with E-state index < -0.39 is 24.0 Å². The van der Waals surface area contributed by atoms with Crippen LogP contribution in [-0.2, 0) is 9.59 Å². The first-order valence-electron chi connectivity index (χ1n) is 10.1. The molecule has 1 aliphatic rings. The highest BCUT2D eigenvalue weighted by molar-refractivity contribution is 6.13. The molecule has 33 heavy (non-hydrogen) atoms. The highest BCUT2D eigenvalue weighted by Crippen LogP contribution is 2.24. The first kappa shape index (κ1) is 21.5. The highest BCUT2D eigenvalue weighted by Gasteiger charge is 2.29. The number of benzene rings is 3. The van der Waals surface area contributed by atoms with Crippen LogP contribution in [-0.4, -0.2) is 28.9 Å². The Balaban J connectivity index is 1.37. The van der Waals surface area contributed by atoms with Crippen molar-refractivity contribution in [1.29, 1.82) is 5.26 Å². The summed E-state index contributed by atoms with van der Waals surface area (Å²) in [6, 6.07) is 22.6. The van der Waals surface area contributed by atoms with Gasteiger partial charge in [-0.3, -0.25) is 9.59 Å². The fourth-order valence-electron chi connectivity index (χ4n) is 3.31. The van der Waals surface area contributed by atoms with Gasteiger partial charge in [0, 0.05) is 12.2 Å². The van der Waals surface area contributed by atoms with Gasteiger partial charge in [-0.1, -0.05) is 24.3 Å². The van der Waals surface area contributed by atoms with Crippen molar-refractivity contribution in [3.8, 4) is 28.7 Å². The van der Waals surface area contributed by atoms with Gasteiger partial charge in [-0.05, 0) is 66.6 Å².